The standard InChI is InChI=1S/C40H70/c1-7-9-11-13-15-17-19-21-23-25-31-39(3,4)37-29-27-35(33-37)36-28-30-38(34-36)40(5,6)32-26-24-22-20-18-16-14-12-10-8-2/h27-30,33-36H,7-26,31-32H2,1-6H3. The van der Waals surface area contributed by atoms with E-state index in [1.165, 1.54) is 141 Å². The summed E-state index contributed by atoms with van der Waals surface area (Å²) in [6.45, 7) is 14.5. The van der Waals surface area contributed by atoms with Gasteiger partial charge >= 0.3 is 0 Å². The number of hydrogen-bond acceptors (Lipinski definition) is 0. The van der Waals surface area contributed by atoms with E-state index in [1.54, 1.807) is 11.1 Å². The highest BCUT2D eigenvalue weighted by Crippen LogP contribution is 2.43. The Bertz CT molecular complexity index is 704. The van der Waals surface area contributed by atoms with E-state index >= 15 is 0 Å². The van der Waals surface area contributed by atoms with Crippen LogP contribution >= 0.6 is 0 Å². The van der Waals surface area contributed by atoms with Crippen molar-refractivity contribution in [2.45, 2.75) is 183 Å². The minimum absolute atomic E-state index is 0.301. The summed E-state index contributed by atoms with van der Waals surface area (Å²) >= 11 is 0. The van der Waals surface area contributed by atoms with Gasteiger partial charge in [-0.1, -0.05) is 206 Å². The number of hydrogen-bond donors (Lipinski definition) is 0. The molecule has 0 fully saturated rings. The Morgan fingerprint density at radius 3 is 1.00 bits per heavy atom. The van der Waals surface area contributed by atoms with Gasteiger partial charge in [-0.05, 0) is 34.8 Å². The molecule has 0 radical (unpaired) electrons. The van der Waals surface area contributed by atoms with Crippen molar-refractivity contribution < 1.29 is 0 Å². The topological polar surface area (TPSA) is 0 Å². The van der Waals surface area contributed by atoms with Crippen LogP contribution in [0.2, 0.25) is 0 Å². The van der Waals surface area contributed by atoms with Crippen LogP contribution in [-0.4, -0.2) is 0 Å². The molecule has 2 rings (SSSR count). The molecule has 230 valence electrons. The lowest BCUT2D eigenvalue weighted by molar-refractivity contribution is 0.388. The summed E-state index contributed by atoms with van der Waals surface area (Å²) in [5.74, 6) is 1.09. The van der Waals surface area contributed by atoms with E-state index in [1.807, 2.05) is 0 Å². The van der Waals surface area contributed by atoms with Gasteiger partial charge in [0.15, 0.2) is 0 Å². The third-order valence-corrected chi connectivity index (χ3v) is 10.1. The average molecular weight is 551 g/mol. The van der Waals surface area contributed by atoms with Crippen LogP contribution in [0.15, 0.2) is 47.6 Å². The second kappa shape index (κ2) is 20.0. The Hall–Kier alpha value is -1.04. The van der Waals surface area contributed by atoms with Crippen LogP contribution in [0, 0.1) is 22.7 Å². The van der Waals surface area contributed by atoms with Crippen LogP contribution < -0.4 is 0 Å². The lowest BCUT2D eigenvalue weighted by atomic mass is 9.78. The Balaban J connectivity index is 1.65. The fourth-order valence-corrected chi connectivity index (χ4v) is 6.85. The second-order valence-corrected chi connectivity index (χ2v) is 14.7. The van der Waals surface area contributed by atoms with E-state index in [0.717, 1.165) is 0 Å². The minimum atomic E-state index is 0.301. The zero-order valence-electron chi connectivity index (χ0n) is 28.2. The largest absolute Gasteiger partial charge is 0.0764 e. The van der Waals surface area contributed by atoms with E-state index in [4.69, 9.17) is 0 Å². The molecule has 2 atom stereocenters. The maximum Gasteiger partial charge on any atom is 0.00537 e. The van der Waals surface area contributed by atoms with Gasteiger partial charge in [0.1, 0.15) is 0 Å². The van der Waals surface area contributed by atoms with E-state index in [-0.39, 0.29) is 0 Å². The number of rotatable bonds is 25. The fourth-order valence-electron chi connectivity index (χ4n) is 6.85. The van der Waals surface area contributed by atoms with Gasteiger partial charge in [0, 0.05) is 11.8 Å². The smallest absolute Gasteiger partial charge is 0.00537 e. The van der Waals surface area contributed by atoms with Gasteiger partial charge in [0.25, 0.3) is 0 Å². The predicted octanol–water partition coefficient (Wildman–Crippen LogP) is 13.9. The Morgan fingerprint density at radius 1 is 0.425 bits per heavy atom. The van der Waals surface area contributed by atoms with Crippen LogP contribution in [-0.2, 0) is 0 Å². The Kier molecular flexibility index (Phi) is 17.6. The summed E-state index contributed by atoms with van der Waals surface area (Å²) in [4.78, 5) is 0. The lowest BCUT2D eigenvalue weighted by Crippen LogP contribution is -2.14. The molecule has 0 heteroatoms. The molecule has 0 bridgehead atoms. The Morgan fingerprint density at radius 2 is 0.700 bits per heavy atom. The maximum atomic E-state index is 2.60. The zero-order chi connectivity index (χ0) is 29.1. The number of unbranched alkanes of at least 4 members (excludes halogenated alkanes) is 18. The molecule has 0 aliphatic heterocycles. The van der Waals surface area contributed by atoms with Crippen molar-refractivity contribution in [3.63, 3.8) is 0 Å². The summed E-state index contributed by atoms with van der Waals surface area (Å²) < 4.78 is 0. The van der Waals surface area contributed by atoms with Crippen LogP contribution in [0.5, 0.6) is 0 Å². The molecule has 0 heterocycles. The third kappa shape index (κ3) is 13.7. The first-order valence-corrected chi connectivity index (χ1v) is 18.1. The molecule has 0 saturated carbocycles. The molecule has 0 N–H and O–H groups in total. The fraction of sp³-hybridized carbons (Fsp3) is 0.800. The average Bonchev–Trinajstić information content (AvgIpc) is 3.62. The second-order valence-electron chi connectivity index (χ2n) is 14.7. The summed E-state index contributed by atoms with van der Waals surface area (Å²) in [5, 5.41) is 0. The van der Waals surface area contributed by atoms with Crippen molar-refractivity contribution in [2.75, 3.05) is 0 Å². The van der Waals surface area contributed by atoms with E-state index in [9.17, 15) is 0 Å². The normalized spacial score (nSPS) is 19.1. The van der Waals surface area contributed by atoms with Gasteiger partial charge < -0.3 is 0 Å². The van der Waals surface area contributed by atoms with Crippen LogP contribution in [0.25, 0.3) is 0 Å². The molecule has 0 spiro atoms. The van der Waals surface area contributed by atoms with Gasteiger partial charge in [-0.25, -0.2) is 0 Å². The molecule has 2 aliphatic rings. The predicted molar refractivity (Wildman–Crippen MR) is 182 cm³/mol. The van der Waals surface area contributed by atoms with Crippen molar-refractivity contribution in [3.05, 3.63) is 47.6 Å². The molecule has 0 aromatic rings. The first kappa shape index (κ1) is 35.2. The van der Waals surface area contributed by atoms with Crippen LogP contribution in [0.3, 0.4) is 0 Å². The van der Waals surface area contributed by atoms with Gasteiger partial charge in [-0.2, -0.15) is 0 Å². The van der Waals surface area contributed by atoms with Crippen molar-refractivity contribution >= 4 is 0 Å². The summed E-state index contributed by atoms with van der Waals surface area (Å²) in [7, 11) is 0. The summed E-state index contributed by atoms with van der Waals surface area (Å²) in [6.07, 6.45) is 46.2. The molecule has 0 saturated heterocycles. The van der Waals surface area contributed by atoms with E-state index in [0.29, 0.717) is 22.7 Å². The highest BCUT2D eigenvalue weighted by atomic mass is 14.3. The van der Waals surface area contributed by atoms with Gasteiger partial charge in [-0.15, -0.1) is 0 Å². The molecule has 0 aromatic heterocycles. The van der Waals surface area contributed by atoms with Crippen molar-refractivity contribution in [1.82, 2.24) is 0 Å². The molecule has 2 aliphatic carbocycles. The maximum absolute atomic E-state index is 2.60. The third-order valence-electron chi connectivity index (χ3n) is 10.1. The minimum Gasteiger partial charge on any atom is -0.0764 e. The van der Waals surface area contributed by atoms with Crippen LogP contribution in [0.1, 0.15) is 183 Å². The van der Waals surface area contributed by atoms with Gasteiger partial charge in [0.2, 0.25) is 0 Å². The first-order valence-electron chi connectivity index (χ1n) is 18.1. The SMILES string of the molecule is CCCCCCCCCCCCC(C)(C)C1=CC(C2C=CC(C(C)(C)CCCCCCCCCCCC)=C2)C=C1. The zero-order valence-corrected chi connectivity index (χ0v) is 28.2. The molecule has 40 heavy (non-hydrogen) atoms. The monoisotopic (exact) mass is 551 g/mol. The number of allylic oxidation sites excluding steroid dienone is 8. The Labute approximate surface area is 252 Å². The highest BCUT2D eigenvalue weighted by molar-refractivity contribution is 5.41. The van der Waals surface area contributed by atoms with Crippen LogP contribution in [0.4, 0.5) is 0 Å². The molecule has 0 amide bonds. The molecule has 2 unspecified atom stereocenters. The molecular weight excluding hydrogens is 480 g/mol. The molecule has 0 aromatic carbocycles. The van der Waals surface area contributed by atoms with Crippen molar-refractivity contribution in [3.8, 4) is 0 Å². The van der Waals surface area contributed by atoms with Crippen molar-refractivity contribution in [1.29, 1.82) is 0 Å². The van der Waals surface area contributed by atoms with Crippen molar-refractivity contribution in [2.24, 2.45) is 22.7 Å². The van der Waals surface area contributed by atoms with Gasteiger partial charge in [0.05, 0.1) is 0 Å². The lowest BCUT2D eigenvalue weighted by Gasteiger charge is -2.26. The highest BCUT2D eigenvalue weighted by Gasteiger charge is 2.30. The van der Waals surface area contributed by atoms with E-state index in [2.05, 4.69) is 78.0 Å². The molecular formula is C40H70. The van der Waals surface area contributed by atoms with Gasteiger partial charge in [-0.3, -0.25) is 0 Å². The quantitative estimate of drug-likeness (QED) is 0.0991. The summed E-state index contributed by atoms with van der Waals surface area (Å²) in [6, 6.07) is 0. The first-order chi connectivity index (χ1) is 19.3. The van der Waals surface area contributed by atoms with E-state index < -0.39 is 0 Å². The molecule has 0 nitrogen and oxygen atoms in total. The summed E-state index contributed by atoms with van der Waals surface area (Å²) in [5.41, 5.74) is 3.76.